The summed E-state index contributed by atoms with van der Waals surface area (Å²) in [6.45, 7) is 4.16. The summed E-state index contributed by atoms with van der Waals surface area (Å²) in [5.41, 5.74) is 0. The van der Waals surface area contributed by atoms with Crippen LogP contribution in [0.15, 0.2) is 0 Å². The standard InChI is InChI=1S/C12H20N2O2S/c1-3-17-10-5-4-9(6-10)14-8(2)12(16)13-7-11(14)15/h8-10H,3-7H2,1-2H3,(H,13,16). The molecule has 0 spiro atoms. The molecule has 96 valence electrons. The molecule has 1 N–H and O–H groups in total. The summed E-state index contributed by atoms with van der Waals surface area (Å²) >= 11 is 1.97. The molecule has 1 aliphatic carbocycles. The number of hydrogen-bond donors (Lipinski definition) is 1. The molecule has 4 nitrogen and oxygen atoms in total. The first-order valence-electron chi connectivity index (χ1n) is 6.34. The van der Waals surface area contributed by atoms with Crippen molar-refractivity contribution in [3.05, 3.63) is 0 Å². The molecule has 0 aromatic heterocycles. The number of amides is 2. The maximum atomic E-state index is 11.9. The Bertz CT molecular complexity index is 322. The van der Waals surface area contributed by atoms with Gasteiger partial charge in [-0.05, 0) is 31.9 Å². The van der Waals surface area contributed by atoms with E-state index in [0.29, 0.717) is 5.25 Å². The summed E-state index contributed by atoms with van der Waals surface area (Å²) in [5.74, 6) is 1.18. The highest BCUT2D eigenvalue weighted by molar-refractivity contribution is 7.99. The smallest absolute Gasteiger partial charge is 0.242 e. The van der Waals surface area contributed by atoms with Crippen LogP contribution in [-0.4, -0.2) is 46.3 Å². The van der Waals surface area contributed by atoms with E-state index in [-0.39, 0.29) is 30.4 Å². The Morgan fingerprint density at radius 2 is 2.18 bits per heavy atom. The molecule has 1 saturated heterocycles. The van der Waals surface area contributed by atoms with Crippen molar-refractivity contribution >= 4 is 23.6 Å². The zero-order valence-electron chi connectivity index (χ0n) is 10.4. The normalized spacial score (nSPS) is 34.0. The van der Waals surface area contributed by atoms with Crippen molar-refractivity contribution in [2.75, 3.05) is 12.3 Å². The Morgan fingerprint density at radius 3 is 2.88 bits per heavy atom. The van der Waals surface area contributed by atoms with E-state index in [2.05, 4.69) is 12.2 Å². The first-order valence-corrected chi connectivity index (χ1v) is 7.38. The fourth-order valence-electron chi connectivity index (χ4n) is 2.82. The monoisotopic (exact) mass is 256 g/mol. The van der Waals surface area contributed by atoms with Gasteiger partial charge in [-0.15, -0.1) is 0 Å². The van der Waals surface area contributed by atoms with Crippen molar-refractivity contribution in [2.45, 2.75) is 50.4 Å². The van der Waals surface area contributed by atoms with Gasteiger partial charge < -0.3 is 10.2 Å². The Kier molecular flexibility index (Phi) is 3.97. The molecule has 0 aromatic carbocycles. The molecule has 0 radical (unpaired) electrons. The lowest BCUT2D eigenvalue weighted by Gasteiger charge is -2.37. The van der Waals surface area contributed by atoms with Crippen LogP contribution in [0.5, 0.6) is 0 Å². The number of piperazine rings is 1. The van der Waals surface area contributed by atoms with Crippen LogP contribution >= 0.6 is 11.8 Å². The first kappa shape index (κ1) is 12.7. The number of hydrogen-bond acceptors (Lipinski definition) is 3. The van der Waals surface area contributed by atoms with E-state index in [0.717, 1.165) is 18.6 Å². The van der Waals surface area contributed by atoms with Crippen LogP contribution in [0.3, 0.4) is 0 Å². The third-order valence-electron chi connectivity index (χ3n) is 3.65. The molecule has 17 heavy (non-hydrogen) atoms. The van der Waals surface area contributed by atoms with Crippen LogP contribution in [0.25, 0.3) is 0 Å². The lowest BCUT2D eigenvalue weighted by molar-refractivity contribution is -0.147. The zero-order valence-corrected chi connectivity index (χ0v) is 11.3. The van der Waals surface area contributed by atoms with Crippen LogP contribution in [0.1, 0.15) is 33.1 Å². The maximum absolute atomic E-state index is 11.9. The first-order chi connectivity index (χ1) is 8.13. The summed E-state index contributed by atoms with van der Waals surface area (Å²) in [6.07, 6.45) is 3.25. The minimum atomic E-state index is -0.299. The Hall–Kier alpha value is -0.710. The zero-order chi connectivity index (χ0) is 12.4. The second-order valence-electron chi connectivity index (χ2n) is 4.74. The molecule has 2 aliphatic rings. The van der Waals surface area contributed by atoms with E-state index in [1.54, 1.807) is 0 Å². The molecule has 0 aromatic rings. The third kappa shape index (κ3) is 2.59. The van der Waals surface area contributed by atoms with Gasteiger partial charge in [-0.3, -0.25) is 9.59 Å². The van der Waals surface area contributed by atoms with Gasteiger partial charge in [0.2, 0.25) is 11.8 Å². The summed E-state index contributed by atoms with van der Waals surface area (Å²) in [6, 6.07) is -0.0285. The lowest BCUT2D eigenvalue weighted by Crippen LogP contribution is -2.59. The molecule has 1 heterocycles. The highest BCUT2D eigenvalue weighted by atomic mass is 32.2. The average Bonchev–Trinajstić information content (AvgIpc) is 2.73. The van der Waals surface area contributed by atoms with Gasteiger partial charge in [0, 0.05) is 11.3 Å². The van der Waals surface area contributed by atoms with Gasteiger partial charge in [0.15, 0.2) is 0 Å². The topological polar surface area (TPSA) is 49.4 Å². The number of nitrogens with zero attached hydrogens (tertiary/aromatic N) is 1. The predicted molar refractivity (Wildman–Crippen MR) is 68.9 cm³/mol. The van der Waals surface area contributed by atoms with Crippen molar-refractivity contribution in [3.63, 3.8) is 0 Å². The molecule has 2 rings (SSSR count). The average molecular weight is 256 g/mol. The van der Waals surface area contributed by atoms with Crippen LogP contribution in [0, 0.1) is 0 Å². The predicted octanol–water partition coefficient (Wildman–Crippen LogP) is 1.01. The summed E-state index contributed by atoms with van der Waals surface area (Å²) in [4.78, 5) is 25.3. The SMILES string of the molecule is CCSC1CCC(N2C(=O)CNC(=O)C2C)C1. The number of rotatable bonds is 3. The number of carbonyl (C=O) groups excluding carboxylic acids is 2. The van der Waals surface area contributed by atoms with Crippen LogP contribution in [-0.2, 0) is 9.59 Å². The van der Waals surface area contributed by atoms with Gasteiger partial charge in [0.25, 0.3) is 0 Å². The summed E-state index contributed by atoms with van der Waals surface area (Å²) in [5, 5.41) is 3.30. The Labute approximate surface area is 106 Å². The van der Waals surface area contributed by atoms with Gasteiger partial charge in [-0.1, -0.05) is 6.92 Å². The van der Waals surface area contributed by atoms with Crippen molar-refractivity contribution < 1.29 is 9.59 Å². The van der Waals surface area contributed by atoms with E-state index in [9.17, 15) is 9.59 Å². The molecule has 1 aliphatic heterocycles. The van der Waals surface area contributed by atoms with Gasteiger partial charge in [0.1, 0.15) is 6.04 Å². The van der Waals surface area contributed by atoms with E-state index in [4.69, 9.17) is 0 Å². The number of carbonyl (C=O) groups is 2. The largest absolute Gasteiger partial charge is 0.345 e. The van der Waals surface area contributed by atoms with Crippen LogP contribution < -0.4 is 5.32 Å². The van der Waals surface area contributed by atoms with E-state index >= 15 is 0 Å². The second-order valence-corrected chi connectivity index (χ2v) is 6.32. The van der Waals surface area contributed by atoms with Crippen molar-refractivity contribution in [1.29, 1.82) is 0 Å². The fraction of sp³-hybridized carbons (Fsp3) is 0.833. The van der Waals surface area contributed by atoms with Crippen molar-refractivity contribution in [2.24, 2.45) is 0 Å². The molecule has 3 unspecified atom stereocenters. The maximum Gasteiger partial charge on any atom is 0.242 e. The molecular weight excluding hydrogens is 236 g/mol. The van der Waals surface area contributed by atoms with E-state index in [1.165, 1.54) is 6.42 Å². The van der Waals surface area contributed by atoms with Gasteiger partial charge >= 0.3 is 0 Å². The number of thioether (sulfide) groups is 1. The van der Waals surface area contributed by atoms with Crippen molar-refractivity contribution in [3.8, 4) is 0 Å². The number of nitrogens with one attached hydrogen (secondary N) is 1. The molecule has 5 heteroatoms. The second kappa shape index (κ2) is 5.29. The third-order valence-corrected chi connectivity index (χ3v) is 4.88. The summed E-state index contributed by atoms with van der Waals surface area (Å²) < 4.78 is 0. The quantitative estimate of drug-likeness (QED) is 0.820. The molecular formula is C12H20N2O2S. The fourth-order valence-corrected chi connectivity index (χ4v) is 3.95. The molecule has 2 fully saturated rings. The molecule has 2 amide bonds. The van der Waals surface area contributed by atoms with E-state index in [1.807, 2.05) is 23.6 Å². The van der Waals surface area contributed by atoms with Crippen LogP contribution in [0.2, 0.25) is 0 Å². The van der Waals surface area contributed by atoms with Crippen LogP contribution in [0.4, 0.5) is 0 Å². The minimum Gasteiger partial charge on any atom is -0.345 e. The highest BCUT2D eigenvalue weighted by Gasteiger charge is 2.39. The van der Waals surface area contributed by atoms with Crippen molar-refractivity contribution in [1.82, 2.24) is 10.2 Å². The molecule has 3 atom stereocenters. The van der Waals surface area contributed by atoms with E-state index < -0.39 is 0 Å². The summed E-state index contributed by atoms with van der Waals surface area (Å²) in [7, 11) is 0. The Morgan fingerprint density at radius 1 is 1.41 bits per heavy atom. The van der Waals surface area contributed by atoms with Gasteiger partial charge in [-0.25, -0.2) is 0 Å². The molecule has 1 saturated carbocycles. The lowest BCUT2D eigenvalue weighted by atomic mass is 10.1. The minimum absolute atomic E-state index is 0.0174. The highest BCUT2D eigenvalue weighted by Crippen LogP contribution is 2.33. The molecule has 0 bridgehead atoms. The van der Waals surface area contributed by atoms with Gasteiger partial charge in [0.05, 0.1) is 6.54 Å². The van der Waals surface area contributed by atoms with Gasteiger partial charge in [-0.2, -0.15) is 11.8 Å². The Balaban J connectivity index is 2.01.